The first kappa shape index (κ1) is 19.4. The number of amides is 1. The van der Waals surface area contributed by atoms with Gasteiger partial charge in [0, 0.05) is 31.9 Å². The Kier molecular flexibility index (Phi) is 7.44. The smallest absolute Gasteiger partial charge is 0.308 e. The van der Waals surface area contributed by atoms with Gasteiger partial charge in [0.2, 0.25) is 0 Å². The van der Waals surface area contributed by atoms with E-state index in [0.717, 1.165) is 0 Å². The zero-order valence-electron chi connectivity index (χ0n) is 15.2. The van der Waals surface area contributed by atoms with Gasteiger partial charge in [0.25, 0.3) is 5.91 Å². The predicted molar refractivity (Wildman–Crippen MR) is 96.8 cm³/mol. The van der Waals surface area contributed by atoms with Crippen molar-refractivity contribution >= 4 is 11.9 Å². The number of carboxylic acids is 1. The van der Waals surface area contributed by atoms with Crippen molar-refractivity contribution in [2.45, 2.75) is 45.4 Å². The van der Waals surface area contributed by atoms with Crippen LogP contribution < -0.4 is 0 Å². The van der Waals surface area contributed by atoms with Gasteiger partial charge < -0.3 is 14.7 Å². The fraction of sp³-hybridized carbons (Fsp3) is 0.600. The fourth-order valence-corrected chi connectivity index (χ4v) is 3.01. The fourth-order valence-electron chi connectivity index (χ4n) is 3.01. The Hall–Kier alpha value is -1.88. The number of rotatable bonds is 10. The summed E-state index contributed by atoms with van der Waals surface area (Å²) in [5.74, 6) is -0.948. The Balaban J connectivity index is 2.02. The van der Waals surface area contributed by atoms with Crippen molar-refractivity contribution < 1.29 is 19.4 Å². The van der Waals surface area contributed by atoms with Crippen molar-refractivity contribution in [3.8, 4) is 0 Å². The summed E-state index contributed by atoms with van der Waals surface area (Å²) >= 11 is 0. The van der Waals surface area contributed by atoms with E-state index in [1.807, 2.05) is 31.2 Å². The van der Waals surface area contributed by atoms with E-state index < -0.39 is 11.9 Å². The molecule has 1 aromatic rings. The molecule has 5 nitrogen and oxygen atoms in total. The molecule has 1 N–H and O–H groups in total. The minimum absolute atomic E-state index is 0.107. The standard InChI is InChI=1S/C20H29NO4/c1-3-25-13-5-12-21(14-15(2)20(23)24)19(22)18-10-8-17(9-11-18)16-6-4-7-16/h8-11,15-16H,3-7,12-14H2,1-2H3,(H,23,24). The van der Waals surface area contributed by atoms with Crippen LogP contribution in [-0.4, -0.2) is 48.2 Å². The minimum Gasteiger partial charge on any atom is -0.481 e. The van der Waals surface area contributed by atoms with Crippen molar-refractivity contribution in [1.82, 2.24) is 4.90 Å². The molecular weight excluding hydrogens is 318 g/mol. The largest absolute Gasteiger partial charge is 0.481 e. The Morgan fingerprint density at radius 3 is 2.48 bits per heavy atom. The monoisotopic (exact) mass is 347 g/mol. The van der Waals surface area contributed by atoms with Gasteiger partial charge in [-0.25, -0.2) is 0 Å². The highest BCUT2D eigenvalue weighted by Gasteiger charge is 2.23. The van der Waals surface area contributed by atoms with Crippen LogP contribution in [0.25, 0.3) is 0 Å². The SMILES string of the molecule is CCOCCCN(CC(C)C(=O)O)C(=O)c1ccc(C2CCC2)cc1. The van der Waals surface area contributed by atoms with Crippen LogP contribution in [0, 0.1) is 5.92 Å². The van der Waals surface area contributed by atoms with Gasteiger partial charge in [0.1, 0.15) is 0 Å². The van der Waals surface area contributed by atoms with E-state index in [0.29, 0.717) is 37.7 Å². The third kappa shape index (κ3) is 5.56. The van der Waals surface area contributed by atoms with Gasteiger partial charge in [-0.15, -0.1) is 0 Å². The molecule has 2 rings (SSSR count). The molecule has 25 heavy (non-hydrogen) atoms. The van der Waals surface area contributed by atoms with Crippen molar-refractivity contribution in [2.75, 3.05) is 26.3 Å². The summed E-state index contributed by atoms with van der Waals surface area (Å²) < 4.78 is 5.33. The van der Waals surface area contributed by atoms with Crippen LogP contribution in [0.3, 0.4) is 0 Å². The Labute approximate surface area is 150 Å². The molecule has 138 valence electrons. The van der Waals surface area contributed by atoms with Crippen LogP contribution >= 0.6 is 0 Å². The number of carboxylic acid groups (broad SMARTS) is 1. The van der Waals surface area contributed by atoms with E-state index in [-0.39, 0.29) is 12.5 Å². The summed E-state index contributed by atoms with van der Waals surface area (Å²) in [6.45, 7) is 5.49. The molecule has 1 unspecified atom stereocenters. The maximum Gasteiger partial charge on any atom is 0.308 e. The van der Waals surface area contributed by atoms with Crippen LogP contribution in [0.15, 0.2) is 24.3 Å². The van der Waals surface area contributed by atoms with Gasteiger partial charge in [-0.1, -0.05) is 25.5 Å². The molecule has 1 saturated carbocycles. The van der Waals surface area contributed by atoms with Crippen LogP contribution in [0.1, 0.15) is 61.4 Å². The Morgan fingerprint density at radius 2 is 1.96 bits per heavy atom. The van der Waals surface area contributed by atoms with Gasteiger partial charge in [-0.05, 0) is 49.8 Å². The number of hydrogen-bond acceptors (Lipinski definition) is 3. The molecule has 0 heterocycles. The number of benzene rings is 1. The molecule has 0 radical (unpaired) electrons. The van der Waals surface area contributed by atoms with Gasteiger partial charge in [-0.2, -0.15) is 0 Å². The van der Waals surface area contributed by atoms with Gasteiger partial charge in [0.15, 0.2) is 0 Å². The molecule has 0 bridgehead atoms. The predicted octanol–water partition coefficient (Wildman–Crippen LogP) is 3.54. The van der Waals surface area contributed by atoms with E-state index in [4.69, 9.17) is 9.84 Å². The van der Waals surface area contributed by atoms with Gasteiger partial charge >= 0.3 is 5.97 Å². The lowest BCUT2D eigenvalue weighted by Crippen LogP contribution is -2.38. The quantitative estimate of drug-likeness (QED) is 0.657. The highest BCUT2D eigenvalue weighted by atomic mass is 16.5. The summed E-state index contributed by atoms with van der Waals surface area (Å²) in [7, 11) is 0. The molecule has 1 aliphatic rings. The number of carbonyl (C=O) groups excluding carboxylic acids is 1. The van der Waals surface area contributed by atoms with Crippen molar-refractivity contribution in [1.29, 1.82) is 0 Å². The van der Waals surface area contributed by atoms with E-state index in [2.05, 4.69) is 0 Å². The number of carbonyl (C=O) groups is 2. The van der Waals surface area contributed by atoms with Crippen molar-refractivity contribution in [3.05, 3.63) is 35.4 Å². The second-order valence-electron chi connectivity index (χ2n) is 6.79. The molecule has 0 aromatic heterocycles. The number of aliphatic carboxylic acids is 1. The van der Waals surface area contributed by atoms with Crippen molar-refractivity contribution in [2.24, 2.45) is 5.92 Å². The van der Waals surface area contributed by atoms with E-state index in [1.165, 1.54) is 24.8 Å². The first-order valence-electron chi connectivity index (χ1n) is 9.22. The van der Waals surface area contributed by atoms with Crippen LogP contribution in [-0.2, 0) is 9.53 Å². The number of nitrogens with zero attached hydrogens (tertiary/aromatic N) is 1. The molecule has 1 atom stereocenters. The van der Waals surface area contributed by atoms with Crippen LogP contribution in [0.5, 0.6) is 0 Å². The highest BCUT2D eigenvalue weighted by Crippen LogP contribution is 2.36. The van der Waals surface area contributed by atoms with Crippen molar-refractivity contribution in [3.63, 3.8) is 0 Å². The summed E-state index contributed by atoms with van der Waals surface area (Å²) in [6.07, 6.45) is 4.44. The lowest BCUT2D eigenvalue weighted by molar-refractivity contribution is -0.141. The highest BCUT2D eigenvalue weighted by molar-refractivity contribution is 5.94. The van der Waals surface area contributed by atoms with Gasteiger partial charge in [0.05, 0.1) is 5.92 Å². The lowest BCUT2D eigenvalue weighted by atomic mass is 9.80. The first-order valence-corrected chi connectivity index (χ1v) is 9.22. The minimum atomic E-state index is -0.886. The Bertz CT molecular complexity index is 566. The molecule has 1 aromatic carbocycles. The summed E-state index contributed by atoms with van der Waals surface area (Å²) in [5.41, 5.74) is 1.92. The maximum atomic E-state index is 12.8. The zero-order valence-corrected chi connectivity index (χ0v) is 15.2. The first-order chi connectivity index (χ1) is 12.0. The van der Waals surface area contributed by atoms with Crippen LogP contribution in [0.4, 0.5) is 0 Å². The van der Waals surface area contributed by atoms with E-state index in [9.17, 15) is 9.59 Å². The van der Waals surface area contributed by atoms with Gasteiger partial charge in [-0.3, -0.25) is 9.59 Å². The normalized spacial score (nSPS) is 15.4. The molecule has 5 heteroatoms. The molecule has 0 spiro atoms. The van der Waals surface area contributed by atoms with Crippen LogP contribution in [0.2, 0.25) is 0 Å². The Morgan fingerprint density at radius 1 is 1.28 bits per heavy atom. The number of ether oxygens (including phenoxy) is 1. The third-order valence-electron chi connectivity index (χ3n) is 4.86. The molecule has 0 aliphatic heterocycles. The van der Waals surface area contributed by atoms with E-state index in [1.54, 1.807) is 11.8 Å². The second kappa shape index (κ2) is 9.56. The molecule has 1 amide bonds. The average molecular weight is 347 g/mol. The third-order valence-corrected chi connectivity index (χ3v) is 4.86. The molecular formula is C20H29NO4. The second-order valence-corrected chi connectivity index (χ2v) is 6.79. The van der Waals surface area contributed by atoms with E-state index >= 15 is 0 Å². The number of hydrogen-bond donors (Lipinski definition) is 1. The summed E-state index contributed by atoms with van der Waals surface area (Å²) in [4.78, 5) is 25.6. The molecule has 1 aliphatic carbocycles. The topological polar surface area (TPSA) is 66.8 Å². The zero-order chi connectivity index (χ0) is 18.2. The average Bonchev–Trinajstić information content (AvgIpc) is 2.56. The molecule has 0 saturated heterocycles. The maximum absolute atomic E-state index is 12.8. The molecule has 1 fully saturated rings. The lowest BCUT2D eigenvalue weighted by Gasteiger charge is -2.27. The summed E-state index contributed by atoms with van der Waals surface area (Å²) in [5, 5.41) is 9.16. The summed E-state index contributed by atoms with van der Waals surface area (Å²) in [6, 6.07) is 7.82.